The number of rotatable bonds is 5. The lowest BCUT2D eigenvalue weighted by Crippen LogP contribution is -2.15. The molecule has 1 nitrogen and oxygen atoms in total. The van der Waals surface area contributed by atoms with Gasteiger partial charge in [-0.05, 0) is 55.4 Å². The van der Waals surface area contributed by atoms with Crippen molar-refractivity contribution in [3.8, 4) is 0 Å². The van der Waals surface area contributed by atoms with E-state index in [0.717, 1.165) is 29.9 Å². The summed E-state index contributed by atoms with van der Waals surface area (Å²) in [5.74, 6) is 0.595. The summed E-state index contributed by atoms with van der Waals surface area (Å²) in [6.07, 6.45) is 8.95. The molecule has 1 aromatic rings. The Kier molecular flexibility index (Phi) is 5.38. The van der Waals surface area contributed by atoms with Gasteiger partial charge in [0, 0.05) is 0 Å². The fraction of sp³-hybridized carbons (Fsp3) is 0.647. The Morgan fingerprint density at radius 2 is 2.00 bits per heavy atom. The largest absolute Gasteiger partial charge is 0.393 e. The molecule has 1 aliphatic carbocycles. The zero-order valence-electron chi connectivity index (χ0n) is 11.9. The molecular formula is C17H25FO. The first kappa shape index (κ1) is 14.5. The van der Waals surface area contributed by atoms with E-state index < -0.39 is 0 Å². The zero-order valence-corrected chi connectivity index (χ0v) is 11.9. The predicted octanol–water partition coefficient (Wildman–Crippen LogP) is 4.40. The maximum Gasteiger partial charge on any atom is 0.123 e. The van der Waals surface area contributed by atoms with Gasteiger partial charge in [0.25, 0.3) is 0 Å². The van der Waals surface area contributed by atoms with Gasteiger partial charge in [0.1, 0.15) is 5.82 Å². The molecule has 1 fully saturated rings. The van der Waals surface area contributed by atoms with Crippen LogP contribution in [0.4, 0.5) is 4.39 Å². The standard InChI is InChI=1S/C17H25FO/c1-13-7-9-16(18)11-15(13)12-17(19)10-8-14-5-3-2-4-6-14/h7,9,11,14,17,19H,2-6,8,10,12H2,1H3. The molecular weight excluding hydrogens is 239 g/mol. The van der Waals surface area contributed by atoms with Crippen molar-refractivity contribution in [1.29, 1.82) is 0 Å². The fourth-order valence-electron chi connectivity index (χ4n) is 3.12. The highest BCUT2D eigenvalue weighted by Crippen LogP contribution is 2.28. The molecule has 1 atom stereocenters. The molecule has 0 heterocycles. The highest BCUT2D eigenvalue weighted by atomic mass is 19.1. The van der Waals surface area contributed by atoms with Crippen LogP contribution in [0.5, 0.6) is 0 Å². The minimum absolute atomic E-state index is 0.208. The average Bonchev–Trinajstić information content (AvgIpc) is 2.42. The summed E-state index contributed by atoms with van der Waals surface area (Å²) in [5, 5.41) is 10.1. The highest BCUT2D eigenvalue weighted by Gasteiger charge is 2.16. The van der Waals surface area contributed by atoms with Crippen molar-refractivity contribution in [2.24, 2.45) is 5.92 Å². The van der Waals surface area contributed by atoms with Crippen LogP contribution in [0.15, 0.2) is 18.2 Å². The molecule has 0 aliphatic heterocycles. The molecule has 0 aromatic heterocycles. The van der Waals surface area contributed by atoms with Crippen LogP contribution in [0.3, 0.4) is 0 Å². The van der Waals surface area contributed by atoms with Gasteiger partial charge < -0.3 is 5.11 Å². The van der Waals surface area contributed by atoms with Crippen LogP contribution in [0.2, 0.25) is 0 Å². The third-order valence-corrected chi connectivity index (χ3v) is 4.40. The molecule has 0 radical (unpaired) electrons. The smallest absolute Gasteiger partial charge is 0.123 e. The van der Waals surface area contributed by atoms with Gasteiger partial charge in [-0.25, -0.2) is 4.39 Å². The number of benzene rings is 1. The molecule has 1 unspecified atom stereocenters. The number of aliphatic hydroxyl groups is 1. The summed E-state index contributed by atoms with van der Waals surface area (Å²) in [5.41, 5.74) is 2.01. The Morgan fingerprint density at radius 3 is 2.74 bits per heavy atom. The number of halogens is 1. The van der Waals surface area contributed by atoms with Gasteiger partial charge in [-0.15, -0.1) is 0 Å². The van der Waals surface area contributed by atoms with Crippen molar-refractivity contribution in [1.82, 2.24) is 0 Å². The van der Waals surface area contributed by atoms with E-state index >= 15 is 0 Å². The van der Waals surface area contributed by atoms with E-state index in [4.69, 9.17) is 0 Å². The molecule has 0 spiro atoms. The first-order valence-corrected chi connectivity index (χ1v) is 7.58. The minimum Gasteiger partial charge on any atom is -0.393 e. The highest BCUT2D eigenvalue weighted by molar-refractivity contribution is 5.27. The lowest BCUT2D eigenvalue weighted by molar-refractivity contribution is 0.149. The quantitative estimate of drug-likeness (QED) is 0.835. The van der Waals surface area contributed by atoms with Crippen LogP contribution in [0.25, 0.3) is 0 Å². The lowest BCUT2D eigenvalue weighted by atomic mass is 9.85. The van der Waals surface area contributed by atoms with E-state index in [2.05, 4.69) is 0 Å². The Balaban J connectivity index is 1.80. The summed E-state index contributed by atoms with van der Waals surface area (Å²) >= 11 is 0. The third kappa shape index (κ3) is 4.61. The monoisotopic (exact) mass is 264 g/mol. The van der Waals surface area contributed by atoms with Crippen molar-refractivity contribution >= 4 is 0 Å². The summed E-state index contributed by atoms with van der Waals surface area (Å²) in [7, 11) is 0. The van der Waals surface area contributed by atoms with E-state index in [0.29, 0.717) is 6.42 Å². The van der Waals surface area contributed by atoms with Crippen LogP contribution >= 0.6 is 0 Å². The second-order valence-electron chi connectivity index (χ2n) is 6.01. The Labute approximate surface area is 115 Å². The Morgan fingerprint density at radius 1 is 1.26 bits per heavy atom. The van der Waals surface area contributed by atoms with Gasteiger partial charge in [0.05, 0.1) is 6.10 Å². The van der Waals surface area contributed by atoms with Crippen molar-refractivity contribution in [3.63, 3.8) is 0 Å². The molecule has 1 saturated carbocycles. The van der Waals surface area contributed by atoms with Crippen LogP contribution in [0.1, 0.15) is 56.1 Å². The minimum atomic E-state index is -0.331. The number of hydrogen-bond donors (Lipinski definition) is 1. The fourth-order valence-corrected chi connectivity index (χ4v) is 3.12. The average molecular weight is 264 g/mol. The second-order valence-corrected chi connectivity index (χ2v) is 6.01. The van der Waals surface area contributed by atoms with Crippen LogP contribution in [-0.4, -0.2) is 11.2 Å². The van der Waals surface area contributed by atoms with E-state index in [1.54, 1.807) is 12.1 Å². The summed E-state index contributed by atoms with van der Waals surface area (Å²) in [6, 6.07) is 4.82. The van der Waals surface area contributed by atoms with Gasteiger partial charge in [-0.3, -0.25) is 0 Å². The number of aryl methyl sites for hydroxylation is 1. The van der Waals surface area contributed by atoms with Crippen LogP contribution in [-0.2, 0) is 6.42 Å². The molecule has 1 aromatic carbocycles. The van der Waals surface area contributed by atoms with Gasteiger partial charge in [0.2, 0.25) is 0 Å². The van der Waals surface area contributed by atoms with Gasteiger partial charge in [0.15, 0.2) is 0 Å². The van der Waals surface area contributed by atoms with Crippen molar-refractivity contribution < 1.29 is 9.50 Å². The van der Waals surface area contributed by atoms with E-state index in [1.807, 2.05) is 6.92 Å². The normalized spacial score (nSPS) is 18.5. The first-order valence-electron chi connectivity index (χ1n) is 7.58. The molecule has 2 heteroatoms. The second kappa shape index (κ2) is 7.04. The number of hydrogen-bond acceptors (Lipinski definition) is 1. The lowest BCUT2D eigenvalue weighted by Gasteiger charge is -2.22. The molecule has 1 aliphatic rings. The molecule has 0 bridgehead atoms. The topological polar surface area (TPSA) is 20.2 Å². The van der Waals surface area contributed by atoms with E-state index in [-0.39, 0.29) is 11.9 Å². The first-order chi connectivity index (χ1) is 9.15. The Bertz CT molecular complexity index is 396. The summed E-state index contributed by atoms with van der Waals surface area (Å²) < 4.78 is 13.2. The zero-order chi connectivity index (χ0) is 13.7. The van der Waals surface area contributed by atoms with Crippen molar-refractivity contribution in [2.75, 3.05) is 0 Å². The molecule has 19 heavy (non-hydrogen) atoms. The summed E-state index contributed by atoms with van der Waals surface area (Å²) in [4.78, 5) is 0. The van der Waals surface area contributed by atoms with E-state index in [9.17, 15) is 9.50 Å². The third-order valence-electron chi connectivity index (χ3n) is 4.40. The molecule has 2 rings (SSSR count). The Hall–Kier alpha value is -0.890. The maximum absolute atomic E-state index is 13.2. The number of aliphatic hydroxyl groups excluding tert-OH is 1. The van der Waals surface area contributed by atoms with Crippen LogP contribution in [0, 0.1) is 18.7 Å². The van der Waals surface area contributed by atoms with Gasteiger partial charge in [-0.2, -0.15) is 0 Å². The maximum atomic E-state index is 13.2. The predicted molar refractivity (Wildman–Crippen MR) is 76.7 cm³/mol. The molecule has 1 N–H and O–H groups in total. The molecule has 0 saturated heterocycles. The van der Waals surface area contributed by atoms with Crippen LogP contribution < -0.4 is 0 Å². The SMILES string of the molecule is Cc1ccc(F)cc1CC(O)CCC1CCCCC1. The molecule has 106 valence electrons. The van der Waals surface area contributed by atoms with Gasteiger partial charge >= 0.3 is 0 Å². The van der Waals surface area contributed by atoms with E-state index in [1.165, 1.54) is 38.2 Å². The molecule has 0 amide bonds. The summed E-state index contributed by atoms with van der Waals surface area (Å²) in [6.45, 7) is 1.97. The van der Waals surface area contributed by atoms with Crippen molar-refractivity contribution in [2.45, 2.75) is 64.4 Å². The van der Waals surface area contributed by atoms with Crippen molar-refractivity contribution in [3.05, 3.63) is 35.1 Å². The van der Waals surface area contributed by atoms with Gasteiger partial charge in [-0.1, -0.05) is 38.2 Å².